The van der Waals surface area contributed by atoms with Gasteiger partial charge in [-0.05, 0) is 12.1 Å². The number of benzene rings is 2. The summed E-state index contributed by atoms with van der Waals surface area (Å²) in [6.07, 6.45) is 1.86. The van der Waals surface area contributed by atoms with E-state index in [1.54, 1.807) is 7.11 Å². The Kier molecular flexibility index (Phi) is 3.03. The molecule has 0 atom stereocenters. The van der Waals surface area contributed by atoms with Gasteiger partial charge < -0.3 is 9.30 Å². The summed E-state index contributed by atoms with van der Waals surface area (Å²) in [6.45, 7) is 0. The first-order valence-electron chi connectivity index (χ1n) is 6.44. The average Bonchev–Trinajstić information content (AvgIpc) is 2.85. The van der Waals surface area contributed by atoms with E-state index in [-0.39, 0.29) is 5.78 Å². The zero-order chi connectivity index (χ0) is 14.1. The van der Waals surface area contributed by atoms with Gasteiger partial charge in [0.2, 0.25) is 0 Å². The molecule has 3 rings (SSSR count). The van der Waals surface area contributed by atoms with Crippen LogP contribution in [0.4, 0.5) is 0 Å². The molecule has 0 bridgehead atoms. The molecule has 3 heteroatoms. The van der Waals surface area contributed by atoms with Crippen LogP contribution in [0.5, 0.6) is 5.75 Å². The molecule has 0 saturated carbocycles. The topological polar surface area (TPSA) is 31.2 Å². The third kappa shape index (κ3) is 1.88. The monoisotopic (exact) mass is 265 g/mol. The highest BCUT2D eigenvalue weighted by Gasteiger charge is 2.18. The molecule has 20 heavy (non-hydrogen) atoms. The number of nitrogens with zero attached hydrogens (tertiary/aromatic N) is 1. The number of aryl methyl sites for hydroxylation is 1. The van der Waals surface area contributed by atoms with E-state index >= 15 is 0 Å². The Morgan fingerprint density at radius 2 is 1.80 bits per heavy atom. The Balaban J connectivity index is 2.24. The minimum absolute atomic E-state index is 0.0145. The van der Waals surface area contributed by atoms with E-state index in [1.165, 1.54) is 0 Å². The van der Waals surface area contributed by atoms with Crippen LogP contribution in [0.3, 0.4) is 0 Å². The highest BCUT2D eigenvalue weighted by atomic mass is 16.5. The van der Waals surface area contributed by atoms with Gasteiger partial charge in [0.15, 0.2) is 5.78 Å². The lowest BCUT2D eigenvalue weighted by molar-refractivity contribution is 0.104. The number of methoxy groups -OCH3 is 1. The maximum absolute atomic E-state index is 12.7. The predicted molar refractivity (Wildman–Crippen MR) is 79.3 cm³/mol. The maximum atomic E-state index is 12.7. The van der Waals surface area contributed by atoms with E-state index in [0.717, 1.165) is 16.7 Å². The third-order valence-corrected chi connectivity index (χ3v) is 3.48. The van der Waals surface area contributed by atoms with Crippen molar-refractivity contribution >= 4 is 16.7 Å². The average molecular weight is 265 g/mol. The molecular formula is C17H15NO2. The minimum Gasteiger partial charge on any atom is -0.496 e. The molecule has 0 saturated heterocycles. The van der Waals surface area contributed by atoms with Crippen molar-refractivity contribution in [2.75, 3.05) is 7.11 Å². The second kappa shape index (κ2) is 4.85. The van der Waals surface area contributed by atoms with Gasteiger partial charge in [0.1, 0.15) is 5.75 Å². The first-order valence-corrected chi connectivity index (χ1v) is 6.44. The molecular weight excluding hydrogens is 250 g/mol. The summed E-state index contributed by atoms with van der Waals surface area (Å²) in [7, 11) is 3.56. The Morgan fingerprint density at radius 3 is 2.50 bits per heavy atom. The number of ether oxygens (including phenoxy) is 1. The van der Waals surface area contributed by atoms with Gasteiger partial charge in [-0.25, -0.2) is 0 Å². The van der Waals surface area contributed by atoms with Gasteiger partial charge in [-0.2, -0.15) is 0 Å². The van der Waals surface area contributed by atoms with Crippen LogP contribution >= 0.6 is 0 Å². The number of hydrogen-bond acceptors (Lipinski definition) is 2. The van der Waals surface area contributed by atoms with Crippen LogP contribution in [0, 0.1) is 0 Å². The molecule has 1 heterocycles. The molecule has 0 N–H and O–H groups in total. The lowest BCUT2D eigenvalue weighted by Gasteiger charge is -2.04. The Bertz CT molecular complexity index is 772. The highest BCUT2D eigenvalue weighted by molar-refractivity contribution is 6.17. The lowest BCUT2D eigenvalue weighted by atomic mass is 10.0. The van der Waals surface area contributed by atoms with E-state index in [1.807, 2.05) is 66.3 Å². The molecule has 0 fully saturated rings. The van der Waals surface area contributed by atoms with Gasteiger partial charge in [-0.15, -0.1) is 0 Å². The molecule has 0 aliphatic heterocycles. The van der Waals surface area contributed by atoms with Gasteiger partial charge in [0.25, 0.3) is 0 Å². The second-order valence-electron chi connectivity index (χ2n) is 4.70. The van der Waals surface area contributed by atoms with Crippen LogP contribution < -0.4 is 4.74 Å². The fourth-order valence-corrected chi connectivity index (χ4v) is 2.50. The number of fused-ring (bicyclic) bond motifs is 1. The maximum Gasteiger partial charge on any atom is 0.195 e. The number of carbonyl (C=O) groups excluding carboxylic acids is 1. The van der Waals surface area contributed by atoms with Crippen molar-refractivity contribution in [1.29, 1.82) is 0 Å². The van der Waals surface area contributed by atoms with Crippen LogP contribution in [0.25, 0.3) is 10.9 Å². The Morgan fingerprint density at radius 1 is 1.05 bits per heavy atom. The minimum atomic E-state index is 0.0145. The van der Waals surface area contributed by atoms with Gasteiger partial charge in [-0.1, -0.05) is 36.4 Å². The van der Waals surface area contributed by atoms with Crippen molar-refractivity contribution in [1.82, 2.24) is 4.57 Å². The Labute approximate surface area is 117 Å². The van der Waals surface area contributed by atoms with Crippen molar-refractivity contribution < 1.29 is 9.53 Å². The fraction of sp³-hybridized carbons (Fsp3) is 0.118. The summed E-state index contributed by atoms with van der Waals surface area (Å²) >= 11 is 0. The molecule has 0 radical (unpaired) electrons. The molecule has 0 unspecified atom stereocenters. The summed E-state index contributed by atoms with van der Waals surface area (Å²) < 4.78 is 7.35. The highest BCUT2D eigenvalue weighted by Crippen LogP contribution is 2.31. The summed E-state index contributed by atoms with van der Waals surface area (Å²) in [5, 5.41) is 0.867. The van der Waals surface area contributed by atoms with Crippen molar-refractivity contribution in [2.45, 2.75) is 0 Å². The molecule has 100 valence electrons. The molecule has 0 aliphatic carbocycles. The van der Waals surface area contributed by atoms with Crippen molar-refractivity contribution in [3.05, 3.63) is 65.9 Å². The number of carbonyl (C=O) groups is 1. The third-order valence-electron chi connectivity index (χ3n) is 3.48. The van der Waals surface area contributed by atoms with Crippen LogP contribution in [0.15, 0.2) is 54.7 Å². The van der Waals surface area contributed by atoms with E-state index in [4.69, 9.17) is 4.74 Å². The molecule has 0 aliphatic rings. The van der Waals surface area contributed by atoms with Crippen LogP contribution in [0.2, 0.25) is 0 Å². The van der Waals surface area contributed by atoms with Crippen molar-refractivity contribution in [2.24, 2.45) is 7.05 Å². The zero-order valence-electron chi connectivity index (χ0n) is 11.5. The first-order chi connectivity index (χ1) is 9.72. The second-order valence-corrected chi connectivity index (χ2v) is 4.70. The molecule has 3 aromatic rings. The van der Waals surface area contributed by atoms with Crippen molar-refractivity contribution in [3.63, 3.8) is 0 Å². The molecule has 0 spiro atoms. The van der Waals surface area contributed by atoms with Gasteiger partial charge in [-0.3, -0.25) is 4.79 Å². The van der Waals surface area contributed by atoms with Crippen LogP contribution in [-0.2, 0) is 7.05 Å². The fourth-order valence-electron chi connectivity index (χ4n) is 2.50. The Hall–Kier alpha value is -2.55. The molecule has 0 amide bonds. The standard InChI is InChI=1S/C17H15NO2/c1-18-11-13(17(19)12-7-4-3-5-8-12)16-14(18)9-6-10-15(16)20-2/h3-11H,1-2H3. The van der Waals surface area contributed by atoms with Gasteiger partial charge >= 0.3 is 0 Å². The summed E-state index contributed by atoms with van der Waals surface area (Å²) in [5.74, 6) is 0.739. The summed E-state index contributed by atoms with van der Waals surface area (Å²) in [6, 6.07) is 15.1. The quantitative estimate of drug-likeness (QED) is 0.679. The molecule has 3 nitrogen and oxygen atoms in total. The number of hydrogen-bond donors (Lipinski definition) is 0. The van der Waals surface area contributed by atoms with E-state index in [2.05, 4.69) is 0 Å². The zero-order valence-corrected chi connectivity index (χ0v) is 11.5. The molecule has 2 aromatic carbocycles. The van der Waals surface area contributed by atoms with E-state index in [0.29, 0.717) is 11.1 Å². The normalized spacial score (nSPS) is 10.7. The van der Waals surface area contributed by atoms with Crippen LogP contribution in [-0.4, -0.2) is 17.5 Å². The SMILES string of the molecule is COc1cccc2c1c(C(=O)c1ccccc1)cn2C. The lowest BCUT2D eigenvalue weighted by Crippen LogP contribution is -2.00. The number of aromatic nitrogens is 1. The van der Waals surface area contributed by atoms with Gasteiger partial charge in [0.05, 0.1) is 23.6 Å². The van der Waals surface area contributed by atoms with E-state index < -0.39 is 0 Å². The largest absolute Gasteiger partial charge is 0.496 e. The summed E-state index contributed by atoms with van der Waals surface area (Å²) in [4.78, 5) is 12.7. The van der Waals surface area contributed by atoms with E-state index in [9.17, 15) is 4.79 Å². The smallest absolute Gasteiger partial charge is 0.195 e. The molecule has 1 aromatic heterocycles. The van der Waals surface area contributed by atoms with Crippen LogP contribution in [0.1, 0.15) is 15.9 Å². The predicted octanol–water partition coefficient (Wildman–Crippen LogP) is 3.42. The number of ketones is 1. The summed E-state index contributed by atoms with van der Waals surface area (Å²) in [5.41, 5.74) is 2.35. The van der Waals surface area contributed by atoms with Crippen molar-refractivity contribution in [3.8, 4) is 5.75 Å². The van der Waals surface area contributed by atoms with Gasteiger partial charge in [0, 0.05) is 18.8 Å². The number of rotatable bonds is 3. The first kappa shape index (κ1) is 12.5.